The number of hydrogen-bond donors (Lipinski definition) is 2. The van der Waals surface area contributed by atoms with Crippen LogP contribution in [0.3, 0.4) is 0 Å². The molecule has 1 aliphatic rings. The molecule has 3 rings (SSSR count). The lowest BCUT2D eigenvalue weighted by atomic mass is 10.1. The van der Waals surface area contributed by atoms with Crippen molar-refractivity contribution in [1.29, 1.82) is 0 Å². The van der Waals surface area contributed by atoms with Crippen LogP contribution >= 0.6 is 0 Å². The Kier molecular flexibility index (Phi) is 4.53. The molecule has 0 spiro atoms. The standard InChI is InChI=1S/C17H17N5O4/c1-10(20-26)12-3-5-14(6-4-12)22-16(24)15(19-17(22)25)7-13-8-21(9-18-13)11(2)23/h3-6,8-9,15,26H,7H2,1-2H3,(H,19,25)/b20-10+. The van der Waals surface area contributed by atoms with Crippen LogP contribution in [0.2, 0.25) is 0 Å². The second-order valence-electron chi connectivity index (χ2n) is 5.90. The van der Waals surface area contributed by atoms with Gasteiger partial charge in [0, 0.05) is 19.5 Å². The highest BCUT2D eigenvalue weighted by Crippen LogP contribution is 2.21. The number of nitrogens with one attached hydrogen (secondary N) is 1. The number of aromatic nitrogens is 2. The number of carbonyl (C=O) groups is 3. The molecular formula is C17H17N5O4. The highest BCUT2D eigenvalue weighted by molar-refractivity contribution is 6.21. The van der Waals surface area contributed by atoms with Crippen LogP contribution in [0.1, 0.15) is 29.9 Å². The minimum Gasteiger partial charge on any atom is -0.411 e. The second kappa shape index (κ2) is 6.79. The third kappa shape index (κ3) is 3.18. The lowest BCUT2D eigenvalue weighted by molar-refractivity contribution is -0.118. The van der Waals surface area contributed by atoms with Gasteiger partial charge in [0.05, 0.1) is 17.1 Å². The topological polar surface area (TPSA) is 117 Å². The van der Waals surface area contributed by atoms with Crippen molar-refractivity contribution in [3.8, 4) is 0 Å². The largest absolute Gasteiger partial charge is 0.411 e. The van der Waals surface area contributed by atoms with Gasteiger partial charge >= 0.3 is 6.03 Å². The number of imide groups is 1. The fourth-order valence-electron chi connectivity index (χ4n) is 2.67. The van der Waals surface area contributed by atoms with Crippen molar-refractivity contribution in [1.82, 2.24) is 14.9 Å². The van der Waals surface area contributed by atoms with Crippen molar-refractivity contribution < 1.29 is 19.6 Å². The molecule has 0 radical (unpaired) electrons. The van der Waals surface area contributed by atoms with Gasteiger partial charge in [0.25, 0.3) is 5.91 Å². The molecule has 134 valence electrons. The Balaban J connectivity index is 1.77. The Labute approximate surface area is 148 Å². The number of anilines is 1. The molecule has 0 aliphatic carbocycles. The van der Waals surface area contributed by atoms with E-state index in [0.717, 1.165) is 4.90 Å². The first-order valence-corrected chi connectivity index (χ1v) is 7.88. The zero-order chi connectivity index (χ0) is 18.8. The molecule has 1 aromatic carbocycles. The Bertz CT molecular complexity index is 900. The third-order valence-corrected chi connectivity index (χ3v) is 4.13. The van der Waals surface area contributed by atoms with Gasteiger partial charge in [-0.3, -0.25) is 14.2 Å². The van der Waals surface area contributed by atoms with Gasteiger partial charge < -0.3 is 10.5 Å². The molecular weight excluding hydrogens is 338 g/mol. The van der Waals surface area contributed by atoms with E-state index in [0.29, 0.717) is 22.7 Å². The predicted octanol–water partition coefficient (Wildman–Crippen LogP) is 1.41. The zero-order valence-electron chi connectivity index (χ0n) is 14.2. The number of rotatable bonds is 4. The first-order chi connectivity index (χ1) is 12.4. The second-order valence-corrected chi connectivity index (χ2v) is 5.90. The van der Waals surface area contributed by atoms with Crippen molar-refractivity contribution in [3.05, 3.63) is 48.0 Å². The van der Waals surface area contributed by atoms with Crippen LogP contribution in [0.25, 0.3) is 0 Å². The van der Waals surface area contributed by atoms with Gasteiger partial charge in [0.15, 0.2) is 0 Å². The van der Waals surface area contributed by atoms with E-state index in [9.17, 15) is 14.4 Å². The van der Waals surface area contributed by atoms with E-state index in [2.05, 4.69) is 15.5 Å². The molecule has 1 aromatic heterocycles. The van der Waals surface area contributed by atoms with Gasteiger partial charge in [0.2, 0.25) is 5.91 Å². The molecule has 3 amide bonds. The Hall–Kier alpha value is -3.49. The third-order valence-electron chi connectivity index (χ3n) is 4.13. The number of imidazole rings is 1. The first kappa shape index (κ1) is 17.3. The SMILES string of the molecule is CC(=O)n1cnc(CC2NC(=O)N(c3ccc(/C(C)=N/O)cc3)C2=O)c1. The van der Waals surface area contributed by atoms with Crippen LogP contribution in [-0.4, -0.2) is 44.4 Å². The molecule has 2 aromatic rings. The summed E-state index contributed by atoms with van der Waals surface area (Å²) in [5.74, 6) is -0.582. The van der Waals surface area contributed by atoms with E-state index in [1.54, 1.807) is 31.2 Å². The number of benzene rings is 1. The number of nitrogens with zero attached hydrogens (tertiary/aromatic N) is 4. The number of oxime groups is 1. The number of hydrogen-bond acceptors (Lipinski definition) is 6. The monoisotopic (exact) mass is 355 g/mol. The van der Waals surface area contributed by atoms with Crippen molar-refractivity contribution in [2.24, 2.45) is 5.16 Å². The van der Waals surface area contributed by atoms with Gasteiger partial charge in [-0.2, -0.15) is 0 Å². The van der Waals surface area contributed by atoms with Gasteiger partial charge in [-0.05, 0) is 24.6 Å². The normalized spacial score (nSPS) is 17.5. The molecule has 9 heteroatoms. The van der Waals surface area contributed by atoms with Gasteiger partial charge in [-0.1, -0.05) is 17.3 Å². The lowest BCUT2D eigenvalue weighted by Crippen LogP contribution is -2.32. The maximum absolute atomic E-state index is 12.6. The predicted molar refractivity (Wildman–Crippen MR) is 92.5 cm³/mol. The summed E-state index contributed by atoms with van der Waals surface area (Å²) in [6.07, 6.45) is 3.10. The molecule has 26 heavy (non-hydrogen) atoms. The summed E-state index contributed by atoms with van der Waals surface area (Å²) in [6.45, 7) is 3.04. The first-order valence-electron chi connectivity index (χ1n) is 7.88. The van der Waals surface area contributed by atoms with E-state index < -0.39 is 18.0 Å². The minimum atomic E-state index is -0.752. The molecule has 2 heterocycles. The zero-order valence-corrected chi connectivity index (χ0v) is 14.2. The highest BCUT2D eigenvalue weighted by Gasteiger charge is 2.39. The van der Waals surface area contributed by atoms with Crippen molar-refractivity contribution in [2.45, 2.75) is 26.3 Å². The van der Waals surface area contributed by atoms with Gasteiger partial charge in [-0.15, -0.1) is 0 Å². The van der Waals surface area contributed by atoms with Crippen LogP contribution in [0.15, 0.2) is 41.9 Å². The van der Waals surface area contributed by atoms with Crippen LogP contribution in [0, 0.1) is 0 Å². The summed E-state index contributed by atoms with van der Waals surface area (Å²) in [6, 6.07) is 5.26. The van der Waals surface area contributed by atoms with Gasteiger partial charge in [-0.25, -0.2) is 14.7 Å². The quantitative estimate of drug-likeness (QED) is 0.372. The fourth-order valence-corrected chi connectivity index (χ4v) is 2.67. The summed E-state index contributed by atoms with van der Waals surface area (Å²) in [7, 11) is 0. The Morgan fingerprint density at radius 3 is 2.54 bits per heavy atom. The van der Waals surface area contributed by atoms with Crippen LogP contribution in [0.5, 0.6) is 0 Å². The molecule has 1 fully saturated rings. The van der Waals surface area contributed by atoms with E-state index in [4.69, 9.17) is 5.21 Å². The van der Waals surface area contributed by atoms with Gasteiger partial charge in [0.1, 0.15) is 12.4 Å². The maximum atomic E-state index is 12.6. The van der Waals surface area contributed by atoms with E-state index in [1.807, 2.05) is 0 Å². The summed E-state index contributed by atoms with van der Waals surface area (Å²) in [4.78, 5) is 41.3. The van der Waals surface area contributed by atoms with Crippen LogP contribution in [-0.2, 0) is 11.2 Å². The van der Waals surface area contributed by atoms with Crippen molar-refractivity contribution >= 4 is 29.2 Å². The molecule has 1 atom stereocenters. The summed E-state index contributed by atoms with van der Waals surface area (Å²) in [5.41, 5.74) is 2.05. The lowest BCUT2D eigenvalue weighted by Gasteiger charge is -2.13. The molecule has 2 N–H and O–H groups in total. The number of amides is 3. The molecule has 0 saturated carbocycles. The summed E-state index contributed by atoms with van der Waals surface area (Å²) < 4.78 is 1.32. The highest BCUT2D eigenvalue weighted by atomic mass is 16.4. The number of urea groups is 1. The summed E-state index contributed by atoms with van der Waals surface area (Å²) in [5, 5.41) is 14.5. The van der Waals surface area contributed by atoms with Crippen LogP contribution < -0.4 is 10.2 Å². The molecule has 1 saturated heterocycles. The van der Waals surface area contributed by atoms with E-state index in [-0.39, 0.29) is 12.3 Å². The van der Waals surface area contributed by atoms with Crippen molar-refractivity contribution in [2.75, 3.05) is 4.90 Å². The fraction of sp³-hybridized carbons (Fsp3) is 0.235. The average Bonchev–Trinajstić information content (AvgIpc) is 3.20. The van der Waals surface area contributed by atoms with E-state index >= 15 is 0 Å². The summed E-state index contributed by atoms with van der Waals surface area (Å²) >= 11 is 0. The number of carbonyl (C=O) groups excluding carboxylic acids is 3. The van der Waals surface area contributed by atoms with E-state index in [1.165, 1.54) is 24.0 Å². The molecule has 1 unspecified atom stereocenters. The smallest absolute Gasteiger partial charge is 0.329 e. The minimum absolute atomic E-state index is 0.186. The molecule has 9 nitrogen and oxygen atoms in total. The van der Waals surface area contributed by atoms with Crippen LogP contribution in [0.4, 0.5) is 10.5 Å². The maximum Gasteiger partial charge on any atom is 0.329 e. The Morgan fingerprint density at radius 2 is 1.96 bits per heavy atom. The van der Waals surface area contributed by atoms with Crippen molar-refractivity contribution in [3.63, 3.8) is 0 Å². The molecule has 0 bridgehead atoms. The average molecular weight is 355 g/mol. The Morgan fingerprint density at radius 1 is 1.27 bits per heavy atom. The molecule has 1 aliphatic heterocycles.